The Kier molecular flexibility index (Phi) is 5.62. The van der Waals surface area contributed by atoms with Crippen LogP contribution in [0, 0.1) is 11.6 Å². The van der Waals surface area contributed by atoms with Gasteiger partial charge in [0.15, 0.2) is 5.96 Å². The van der Waals surface area contributed by atoms with Gasteiger partial charge in [0, 0.05) is 49.7 Å². The molecule has 2 atom stereocenters. The molecule has 3 fully saturated rings. The van der Waals surface area contributed by atoms with E-state index in [1.54, 1.807) is 7.05 Å². The standard InChI is InChI=1S/C21H30F2N4/c1-24-21(25-14-9-11-27(12-10-14)15-5-2-3-6-15)26-19-13-16(19)20-17(22)7-4-8-18(20)23/h4,7-8,14-16,19H,2-3,5-6,9-13H2,1H3,(H2,24,25,26). The maximum absolute atomic E-state index is 14.0. The van der Waals surface area contributed by atoms with Gasteiger partial charge in [0.05, 0.1) is 0 Å². The van der Waals surface area contributed by atoms with Crippen molar-refractivity contribution < 1.29 is 8.78 Å². The van der Waals surface area contributed by atoms with E-state index < -0.39 is 11.6 Å². The Morgan fingerprint density at radius 1 is 1.04 bits per heavy atom. The Balaban J connectivity index is 1.26. The molecule has 2 aliphatic carbocycles. The van der Waals surface area contributed by atoms with E-state index in [-0.39, 0.29) is 17.5 Å². The minimum Gasteiger partial charge on any atom is -0.354 e. The summed E-state index contributed by atoms with van der Waals surface area (Å²) in [7, 11) is 1.75. The summed E-state index contributed by atoms with van der Waals surface area (Å²) in [5, 5.41) is 6.86. The fraction of sp³-hybridized carbons (Fsp3) is 0.667. The monoisotopic (exact) mass is 376 g/mol. The van der Waals surface area contributed by atoms with Crippen molar-refractivity contribution in [3.05, 3.63) is 35.4 Å². The first kappa shape index (κ1) is 18.7. The topological polar surface area (TPSA) is 39.7 Å². The molecule has 1 heterocycles. The van der Waals surface area contributed by atoms with Crippen LogP contribution in [0.25, 0.3) is 0 Å². The molecule has 148 valence electrons. The zero-order valence-corrected chi connectivity index (χ0v) is 16.1. The zero-order chi connectivity index (χ0) is 18.8. The Hall–Kier alpha value is -1.69. The van der Waals surface area contributed by atoms with Crippen molar-refractivity contribution in [1.82, 2.24) is 15.5 Å². The molecule has 27 heavy (non-hydrogen) atoms. The number of piperidine rings is 1. The lowest BCUT2D eigenvalue weighted by Crippen LogP contribution is -2.50. The molecule has 2 N–H and O–H groups in total. The van der Waals surface area contributed by atoms with Gasteiger partial charge in [0.2, 0.25) is 0 Å². The number of hydrogen-bond acceptors (Lipinski definition) is 2. The smallest absolute Gasteiger partial charge is 0.191 e. The van der Waals surface area contributed by atoms with Gasteiger partial charge in [-0.15, -0.1) is 0 Å². The number of rotatable bonds is 4. The van der Waals surface area contributed by atoms with E-state index in [1.165, 1.54) is 43.9 Å². The van der Waals surface area contributed by atoms with Gasteiger partial charge in [-0.1, -0.05) is 18.9 Å². The van der Waals surface area contributed by atoms with E-state index in [2.05, 4.69) is 20.5 Å². The molecule has 0 radical (unpaired) electrons. The highest BCUT2D eigenvalue weighted by Gasteiger charge is 2.42. The molecule has 0 bridgehead atoms. The molecule has 1 saturated heterocycles. The predicted molar refractivity (Wildman–Crippen MR) is 104 cm³/mol. The van der Waals surface area contributed by atoms with Crippen molar-refractivity contribution in [3.8, 4) is 0 Å². The number of nitrogens with one attached hydrogen (secondary N) is 2. The summed E-state index contributed by atoms with van der Waals surface area (Å²) >= 11 is 0. The normalized spacial score (nSPS) is 27.7. The fourth-order valence-electron chi connectivity index (χ4n) is 4.76. The Morgan fingerprint density at radius 3 is 2.33 bits per heavy atom. The summed E-state index contributed by atoms with van der Waals surface area (Å²) in [5.41, 5.74) is 0.204. The van der Waals surface area contributed by atoms with Crippen LogP contribution >= 0.6 is 0 Å². The number of benzene rings is 1. The van der Waals surface area contributed by atoms with Crippen LogP contribution in [-0.4, -0.2) is 49.1 Å². The van der Waals surface area contributed by atoms with Gasteiger partial charge >= 0.3 is 0 Å². The van der Waals surface area contributed by atoms with Crippen molar-refractivity contribution in [2.24, 2.45) is 4.99 Å². The van der Waals surface area contributed by atoms with Crippen LogP contribution in [0.2, 0.25) is 0 Å². The summed E-state index contributed by atoms with van der Waals surface area (Å²) in [6, 6.07) is 5.33. The van der Waals surface area contributed by atoms with Crippen LogP contribution in [0.3, 0.4) is 0 Å². The average molecular weight is 376 g/mol. The van der Waals surface area contributed by atoms with E-state index in [0.29, 0.717) is 6.04 Å². The van der Waals surface area contributed by atoms with Crippen LogP contribution in [0.5, 0.6) is 0 Å². The molecule has 0 spiro atoms. The second-order valence-electron chi connectivity index (χ2n) is 8.19. The summed E-state index contributed by atoms with van der Waals surface area (Å²) in [4.78, 5) is 6.98. The molecule has 2 unspecified atom stereocenters. The van der Waals surface area contributed by atoms with E-state index in [4.69, 9.17) is 0 Å². The lowest BCUT2D eigenvalue weighted by atomic mass is 10.0. The van der Waals surface area contributed by atoms with Crippen molar-refractivity contribution in [1.29, 1.82) is 0 Å². The van der Waals surface area contributed by atoms with E-state index in [1.807, 2.05) is 0 Å². The molecule has 3 aliphatic rings. The van der Waals surface area contributed by atoms with Crippen molar-refractivity contribution in [2.45, 2.75) is 69.0 Å². The third-order valence-electron chi connectivity index (χ3n) is 6.42. The number of guanidine groups is 1. The molecular formula is C21H30F2N4. The van der Waals surface area contributed by atoms with Crippen LogP contribution in [0.4, 0.5) is 8.78 Å². The van der Waals surface area contributed by atoms with Crippen LogP contribution in [0.15, 0.2) is 23.2 Å². The molecule has 4 nitrogen and oxygen atoms in total. The third kappa shape index (κ3) is 4.26. The highest BCUT2D eigenvalue weighted by atomic mass is 19.1. The van der Waals surface area contributed by atoms with Gasteiger partial charge in [0.25, 0.3) is 0 Å². The van der Waals surface area contributed by atoms with Crippen LogP contribution in [0.1, 0.15) is 56.4 Å². The largest absolute Gasteiger partial charge is 0.354 e. The van der Waals surface area contributed by atoms with Gasteiger partial charge in [-0.05, 0) is 44.2 Å². The third-order valence-corrected chi connectivity index (χ3v) is 6.42. The van der Waals surface area contributed by atoms with E-state index in [0.717, 1.165) is 44.4 Å². The average Bonchev–Trinajstić information content (AvgIpc) is 3.18. The molecule has 0 amide bonds. The van der Waals surface area contributed by atoms with Crippen LogP contribution < -0.4 is 10.6 Å². The van der Waals surface area contributed by atoms with E-state index >= 15 is 0 Å². The number of aliphatic imine (C=N–C) groups is 1. The lowest BCUT2D eigenvalue weighted by Gasteiger charge is -2.36. The molecular weight excluding hydrogens is 346 g/mol. The second-order valence-corrected chi connectivity index (χ2v) is 8.19. The number of nitrogens with zero attached hydrogens (tertiary/aromatic N) is 2. The van der Waals surface area contributed by atoms with Crippen molar-refractivity contribution >= 4 is 5.96 Å². The molecule has 0 aromatic heterocycles. The first-order valence-electron chi connectivity index (χ1n) is 10.3. The second kappa shape index (κ2) is 8.13. The maximum Gasteiger partial charge on any atom is 0.191 e. The number of likely N-dealkylation sites (tertiary alicyclic amines) is 1. The fourth-order valence-corrected chi connectivity index (χ4v) is 4.76. The maximum atomic E-state index is 14.0. The highest BCUT2D eigenvalue weighted by Crippen LogP contribution is 2.43. The van der Waals surface area contributed by atoms with Gasteiger partial charge in [-0.25, -0.2) is 8.78 Å². The first-order valence-corrected chi connectivity index (χ1v) is 10.3. The van der Waals surface area contributed by atoms with Crippen LogP contribution in [-0.2, 0) is 0 Å². The Bertz CT molecular complexity index is 659. The van der Waals surface area contributed by atoms with Crippen molar-refractivity contribution in [3.63, 3.8) is 0 Å². The Morgan fingerprint density at radius 2 is 1.70 bits per heavy atom. The van der Waals surface area contributed by atoms with E-state index in [9.17, 15) is 8.78 Å². The van der Waals surface area contributed by atoms with Gasteiger partial charge in [0.1, 0.15) is 11.6 Å². The summed E-state index contributed by atoms with van der Waals surface area (Å²) < 4.78 is 27.9. The van der Waals surface area contributed by atoms with Crippen molar-refractivity contribution in [2.75, 3.05) is 20.1 Å². The molecule has 2 saturated carbocycles. The number of halogens is 2. The molecule has 1 aromatic carbocycles. The molecule has 1 aromatic rings. The summed E-state index contributed by atoms with van der Waals surface area (Å²) in [6.07, 6.45) is 8.45. The minimum atomic E-state index is -0.452. The SMILES string of the molecule is CN=C(NC1CCN(C2CCCC2)CC1)NC1CC1c1c(F)cccc1F. The van der Waals surface area contributed by atoms with Gasteiger partial charge < -0.3 is 15.5 Å². The lowest BCUT2D eigenvalue weighted by molar-refractivity contribution is 0.150. The van der Waals surface area contributed by atoms with Gasteiger partial charge in [-0.3, -0.25) is 4.99 Å². The predicted octanol–water partition coefficient (Wildman–Crippen LogP) is 3.39. The van der Waals surface area contributed by atoms with Gasteiger partial charge in [-0.2, -0.15) is 0 Å². The molecule has 1 aliphatic heterocycles. The molecule has 4 rings (SSSR count). The number of hydrogen-bond donors (Lipinski definition) is 2. The summed E-state index contributed by atoms with van der Waals surface area (Å²) in [5.74, 6) is -0.273. The highest BCUT2D eigenvalue weighted by molar-refractivity contribution is 5.80. The minimum absolute atomic E-state index is 0.0428. The summed E-state index contributed by atoms with van der Waals surface area (Å²) in [6.45, 7) is 2.29. The zero-order valence-electron chi connectivity index (χ0n) is 16.1. The molecule has 6 heteroatoms. The quantitative estimate of drug-likeness (QED) is 0.625. The Labute approximate surface area is 160 Å². The first-order chi connectivity index (χ1) is 13.2.